The van der Waals surface area contributed by atoms with E-state index in [0.29, 0.717) is 122 Å². The van der Waals surface area contributed by atoms with Crippen molar-refractivity contribution >= 4 is 86.7 Å². The number of rotatable bonds is 31. The minimum absolute atomic E-state index is 0.0214. The molecule has 0 saturated heterocycles. The molecule has 3 aliphatic heterocycles. The SMILES string of the molecule is COc1ccc2c(c1)C(c1ccc(Cl)cc1)=N[C@@H](CC(=O)NCCCCCNC(=O)CCCCCC1(C)/C(=C/C=C/C=C/C3=[N+](CCCCS(=O)(=O)O)c4ccc(S(=O)(=O)O)cc4C3(C)C)N(CCCCS(=O)(=O)O)c3ccc(S(=O)(=O)O)cc31)c1nnc(C)n1-2. The summed E-state index contributed by atoms with van der Waals surface area (Å²) in [6, 6.07) is 21.0. The minimum Gasteiger partial charge on any atom is -0.497 e. The van der Waals surface area contributed by atoms with Gasteiger partial charge >= 0.3 is 0 Å². The van der Waals surface area contributed by atoms with Crippen molar-refractivity contribution in [2.75, 3.05) is 49.7 Å². The van der Waals surface area contributed by atoms with Gasteiger partial charge in [-0.15, -0.1) is 10.2 Å². The molecule has 0 saturated carbocycles. The molecule has 8 rings (SSSR count). The van der Waals surface area contributed by atoms with Crippen molar-refractivity contribution in [2.24, 2.45) is 4.99 Å². The van der Waals surface area contributed by atoms with Crippen LogP contribution in [0.2, 0.25) is 5.02 Å². The Bertz CT molecular complexity index is 4190. The first-order valence-corrected chi connectivity index (χ1v) is 36.5. The monoisotopic (exact) mass is 1350 g/mol. The van der Waals surface area contributed by atoms with Crippen molar-refractivity contribution in [3.05, 3.63) is 154 Å². The van der Waals surface area contributed by atoms with Crippen LogP contribution in [0.4, 0.5) is 11.4 Å². The molecule has 6 N–H and O–H groups in total. The Balaban J connectivity index is 0.886. The van der Waals surface area contributed by atoms with E-state index in [1.54, 1.807) is 49.6 Å². The molecule has 2 amide bonds. The average Bonchev–Trinajstić information content (AvgIpc) is 1.61. The number of hydrogen-bond donors (Lipinski definition) is 6. The minimum atomic E-state index is -4.64. The van der Waals surface area contributed by atoms with Crippen LogP contribution in [0.5, 0.6) is 5.75 Å². The van der Waals surface area contributed by atoms with E-state index in [9.17, 15) is 61.5 Å². The lowest BCUT2D eigenvalue weighted by Gasteiger charge is -2.30. The summed E-state index contributed by atoms with van der Waals surface area (Å²) in [5.41, 5.74) is 5.32. The average molecular weight is 1350 g/mol. The summed E-state index contributed by atoms with van der Waals surface area (Å²) in [5, 5.41) is 15.4. The number of ether oxygens (including phenoxy) is 1. The second kappa shape index (κ2) is 29.3. The lowest BCUT2D eigenvalue weighted by Crippen LogP contribution is -2.29. The lowest BCUT2D eigenvalue weighted by molar-refractivity contribution is -0.438. The van der Waals surface area contributed by atoms with Crippen molar-refractivity contribution in [3.63, 3.8) is 0 Å². The number of carbonyl (C=O) groups is 2. The highest BCUT2D eigenvalue weighted by Crippen LogP contribution is 2.52. The van der Waals surface area contributed by atoms with E-state index in [0.717, 1.165) is 34.6 Å². The van der Waals surface area contributed by atoms with E-state index in [1.807, 2.05) is 84.2 Å². The largest absolute Gasteiger partial charge is 0.497 e. The number of nitrogens with zero attached hydrogens (tertiary/aromatic N) is 6. The molecule has 490 valence electrons. The molecular weight excluding hydrogens is 1270 g/mol. The topological polar surface area (TPSA) is 334 Å². The van der Waals surface area contributed by atoms with Crippen LogP contribution in [0.25, 0.3) is 5.69 Å². The van der Waals surface area contributed by atoms with E-state index >= 15 is 0 Å². The molecule has 0 bridgehead atoms. The number of benzene rings is 4. The summed E-state index contributed by atoms with van der Waals surface area (Å²) in [4.78, 5) is 33.1. The van der Waals surface area contributed by atoms with E-state index in [4.69, 9.17) is 21.3 Å². The summed E-state index contributed by atoms with van der Waals surface area (Å²) >= 11 is 6.26. The molecule has 5 aromatic rings. The van der Waals surface area contributed by atoms with E-state index < -0.39 is 68.9 Å². The van der Waals surface area contributed by atoms with Gasteiger partial charge in [0.25, 0.3) is 40.5 Å². The standard InChI is InChI=1S/C63H77ClN8O15S4/c1-43-68-69-61-52(67-60(44-22-24-45(64)25-23-44)49-39-46(87-5)26-29-53(49)72(43)61)42-59(74)66-34-14-8-13-33-65-58(73)21-11-7-12-32-63(4)51-41-48(91(84,85)86)28-31-55(51)71(36-16-18-38-89(78,79)80)57(63)20-10-6-9-19-56-62(2,3)50-40-47(90(81,82)83)27-30-54(50)70(56)35-15-17-37-88(75,76)77/h6,9-10,19-20,22-31,39-41,52H,7-8,11-18,21,32-38,42H2,1-5H3,(H5-,65,66,73,74,75,76,77,78,79,80,81,82,83,84,85,86)/p+1/t52-,63?/m0/s1. The fraction of sp³-hybridized carbons (Fsp3) is 0.429. The van der Waals surface area contributed by atoms with Crippen LogP contribution in [0.3, 0.4) is 0 Å². The molecule has 0 aliphatic carbocycles. The first-order chi connectivity index (χ1) is 42.9. The Labute approximate surface area is 537 Å². The van der Waals surface area contributed by atoms with Crippen LogP contribution in [0.1, 0.15) is 144 Å². The number of fused-ring (bicyclic) bond motifs is 5. The van der Waals surface area contributed by atoms with Gasteiger partial charge < -0.3 is 20.3 Å². The van der Waals surface area contributed by atoms with Crippen LogP contribution in [0, 0.1) is 6.92 Å². The molecule has 28 heteroatoms. The Kier molecular flexibility index (Phi) is 22.5. The number of aromatic nitrogens is 3. The fourth-order valence-electron chi connectivity index (χ4n) is 12.1. The molecule has 4 heterocycles. The van der Waals surface area contributed by atoms with Gasteiger partial charge in [-0.1, -0.05) is 54.8 Å². The van der Waals surface area contributed by atoms with Crippen LogP contribution < -0.4 is 20.3 Å². The zero-order valence-corrected chi connectivity index (χ0v) is 55.4. The summed E-state index contributed by atoms with van der Waals surface area (Å²) in [6.07, 6.45) is 14.6. The number of halogens is 1. The number of amides is 2. The first-order valence-electron chi connectivity index (χ1n) is 30.0. The highest BCUT2D eigenvalue weighted by molar-refractivity contribution is 7.86. The van der Waals surface area contributed by atoms with Crippen LogP contribution in [-0.4, -0.2) is 139 Å². The van der Waals surface area contributed by atoms with E-state index in [1.165, 1.54) is 24.3 Å². The van der Waals surface area contributed by atoms with Gasteiger partial charge in [-0.2, -0.15) is 38.2 Å². The highest BCUT2D eigenvalue weighted by Gasteiger charge is 2.46. The van der Waals surface area contributed by atoms with Gasteiger partial charge in [0, 0.05) is 83.1 Å². The predicted octanol–water partition coefficient (Wildman–Crippen LogP) is 9.55. The molecule has 2 atom stereocenters. The second-order valence-corrected chi connectivity index (χ2v) is 30.0. The van der Waals surface area contributed by atoms with Gasteiger partial charge in [-0.25, -0.2) is 0 Å². The number of anilines is 1. The number of carbonyl (C=O) groups excluding carboxylic acids is 2. The molecule has 1 unspecified atom stereocenters. The lowest BCUT2D eigenvalue weighted by atomic mass is 9.77. The van der Waals surface area contributed by atoms with Gasteiger partial charge in [0.1, 0.15) is 24.2 Å². The maximum absolute atomic E-state index is 13.5. The normalized spacial score (nSPS) is 17.7. The third-order valence-corrected chi connectivity index (χ3v) is 20.2. The number of hydrogen-bond acceptors (Lipinski definition) is 15. The number of nitrogens with one attached hydrogen (secondary N) is 2. The number of allylic oxidation sites excluding steroid dienone is 6. The predicted molar refractivity (Wildman–Crippen MR) is 348 cm³/mol. The maximum atomic E-state index is 13.5. The number of aliphatic imine (C=N–C) groups is 1. The maximum Gasteiger partial charge on any atom is 0.294 e. The molecule has 23 nitrogen and oxygen atoms in total. The number of aryl methyl sites for hydroxylation is 1. The van der Waals surface area contributed by atoms with Crippen molar-refractivity contribution in [1.29, 1.82) is 0 Å². The van der Waals surface area contributed by atoms with Crippen LogP contribution in [0.15, 0.2) is 130 Å². The van der Waals surface area contributed by atoms with Crippen molar-refractivity contribution in [1.82, 2.24) is 25.4 Å². The number of methoxy groups -OCH3 is 1. The van der Waals surface area contributed by atoms with Gasteiger partial charge in [0.2, 0.25) is 17.5 Å². The molecule has 91 heavy (non-hydrogen) atoms. The Hall–Kier alpha value is -6.95. The van der Waals surface area contributed by atoms with Crippen LogP contribution >= 0.6 is 11.6 Å². The van der Waals surface area contributed by atoms with Gasteiger partial charge in [-0.05, 0) is 151 Å². The molecule has 0 radical (unpaired) electrons. The van der Waals surface area contributed by atoms with Crippen molar-refractivity contribution in [3.8, 4) is 11.4 Å². The third kappa shape index (κ3) is 17.6. The van der Waals surface area contributed by atoms with Crippen LogP contribution in [-0.2, 0) is 60.9 Å². The Morgan fingerprint density at radius 3 is 1.98 bits per heavy atom. The van der Waals surface area contributed by atoms with Crippen molar-refractivity contribution < 1.29 is 70.8 Å². The smallest absolute Gasteiger partial charge is 0.294 e. The van der Waals surface area contributed by atoms with Crippen molar-refractivity contribution in [2.45, 2.75) is 138 Å². The third-order valence-electron chi connectivity index (χ3n) is 16.7. The zero-order chi connectivity index (χ0) is 66.1. The van der Waals surface area contributed by atoms with Gasteiger partial charge in [0.15, 0.2) is 11.5 Å². The molecular formula is C63H78ClN8O15S4+. The molecule has 3 aliphatic rings. The summed E-state index contributed by atoms with van der Waals surface area (Å²) in [6.45, 7) is 9.02. The van der Waals surface area contributed by atoms with E-state index in [2.05, 4.69) is 20.8 Å². The summed E-state index contributed by atoms with van der Waals surface area (Å²) in [7, 11) is -16.1. The molecule has 0 fully saturated rings. The van der Waals surface area contributed by atoms with Gasteiger partial charge in [0.05, 0.1) is 51.6 Å². The van der Waals surface area contributed by atoms with E-state index in [-0.39, 0.29) is 53.8 Å². The quantitative estimate of drug-likeness (QED) is 0.0104. The Morgan fingerprint density at radius 2 is 1.32 bits per heavy atom. The summed E-state index contributed by atoms with van der Waals surface area (Å²) < 4.78 is 144. The Morgan fingerprint density at radius 1 is 0.692 bits per heavy atom. The zero-order valence-electron chi connectivity index (χ0n) is 51.4. The molecule has 4 aromatic carbocycles. The second-order valence-electron chi connectivity index (χ2n) is 23.6. The molecule has 1 aromatic heterocycles. The first kappa shape index (κ1) is 69.9. The number of unbranched alkanes of at least 4 members (excludes halogenated alkanes) is 6. The summed E-state index contributed by atoms with van der Waals surface area (Å²) in [5.74, 6) is 0.579. The fourth-order valence-corrected chi connectivity index (χ4v) is 14.3. The molecule has 0 spiro atoms. The highest BCUT2D eigenvalue weighted by atomic mass is 35.5. The van der Waals surface area contributed by atoms with Gasteiger partial charge in [-0.3, -0.25) is 37.4 Å².